The number of rotatable bonds is 5. The largest absolute Gasteiger partial charge is 0.444 e. The molecule has 15 heavy (non-hydrogen) atoms. The molecule has 1 aliphatic heterocycles. The van der Waals surface area contributed by atoms with Crippen LogP contribution in [-0.2, 0) is 19.1 Å². The minimum Gasteiger partial charge on any atom is -0.444 e. The summed E-state index contributed by atoms with van der Waals surface area (Å²) in [7, 11) is 0. The van der Waals surface area contributed by atoms with Crippen molar-refractivity contribution in [3.63, 3.8) is 0 Å². The Bertz CT molecular complexity index is 259. The van der Waals surface area contributed by atoms with Crippen molar-refractivity contribution in [2.45, 2.75) is 39.0 Å². The number of hydrogen-bond donors (Lipinski definition) is 0. The average molecular weight is 213 g/mol. The van der Waals surface area contributed by atoms with Gasteiger partial charge in [-0.25, -0.2) is 4.90 Å². The van der Waals surface area contributed by atoms with Crippen molar-refractivity contribution < 1.29 is 19.1 Å². The SMILES string of the molecule is CCCCC(=O)OCN1C(=O)CCC1=O. The molecule has 1 saturated heterocycles. The number of carbonyl (C=O) groups is 3. The number of carbonyl (C=O) groups excluding carboxylic acids is 3. The first-order valence-electron chi connectivity index (χ1n) is 5.14. The summed E-state index contributed by atoms with van der Waals surface area (Å²) in [6.45, 7) is 1.75. The number of amides is 2. The maximum absolute atomic E-state index is 11.1. The fraction of sp³-hybridized carbons (Fsp3) is 0.700. The van der Waals surface area contributed by atoms with Crippen molar-refractivity contribution in [3.8, 4) is 0 Å². The summed E-state index contributed by atoms with van der Waals surface area (Å²) in [6, 6.07) is 0. The van der Waals surface area contributed by atoms with Crippen molar-refractivity contribution in [2.75, 3.05) is 6.73 Å². The van der Waals surface area contributed by atoms with E-state index in [1.165, 1.54) is 0 Å². The third kappa shape index (κ3) is 3.34. The normalized spacial score (nSPS) is 15.9. The number of imide groups is 1. The van der Waals surface area contributed by atoms with Gasteiger partial charge in [0.15, 0.2) is 6.73 Å². The smallest absolute Gasteiger partial charge is 0.307 e. The summed E-state index contributed by atoms with van der Waals surface area (Å²) in [6.07, 6.45) is 2.47. The number of likely N-dealkylation sites (tertiary alicyclic amines) is 1. The van der Waals surface area contributed by atoms with Crippen LogP contribution in [0.5, 0.6) is 0 Å². The second-order valence-corrected chi connectivity index (χ2v) is 3.46. The molecule has 84 valence electrons. The Morgan fingerprint density at radius 3 is 2.47 bits per heavy atom. The molecular formula is C10H15NO4. The summed E-state index contributed by atoms with van der Waals surface area (Å²) in [5, 5.41) is 0. The molecule has 1 heterocycles. The van der Waals surface area contributed by atoms with E-state index in [1.54, 1.807) is 0 Å². The lowest BCUT2D eigenvalue weighted by molar-refractivity contribution is -0.155. The molecule has 0 saturated carbocycles. The molecular weight excluding hydrogens is 198 g/mol. The molecule has 5 heteroatoms. The lowest BCUT2D eigenvalue weighted by Gasteiger charge is -2.13. The van der Waals surface area contributed by atoms with Crippen LogP contribution in [0, 0.1) is 0 Å². The van der Waals surface area contributed by atoms with Gasteiger partial charge < -0.3 is 4.74 Å². The van der Waals surface area contributed by atoms with Crippen LogP contribution in [0.1, 0.15) is 39.0 Å². The van der Waals surface area contributed by atoms with E-state index in [1.807, 2.05) is 6.92 Å². The fourth-order valence-corrected chi connectivity index (χ4v) is 1.30. The Labute approximate surface area is 88.4 Å². The van der Waals surface area contributed by atoms with Gasteiger partial charge in [0.25, 0.3) is 0 Å². The molecule has 0 N–H and O–H groups in total. The van der Waals surface area contributed by atoms with Gasteiger partial charge in [-0.2, -0.15) is 0 Å². The number of unbranched alkanes of at least 4 members (excludes halogenated alkanes) is 1. The van der Waals surface area contributed by atoms with E-state index >= 15 is 0 Å². The molecule has 1 rings (SSSR count). The molecule has 0 atom stereocenters. The van der Waals surface area contributed by atoms with Gasteiger partial charge in [-0.05, 0) is 6.42 Å². The maximum Gasteiger partial charge on any atom is 0.307 e. The molecule has 0 spiro atoms. The van der Waals surface area contributed by atoms with Gasteiger partial charge in [0, 0.05) is 19.3 Å². The Kier molecular flexibility index (Phi) is 4.27. The van der Waals surface area contributed by atoms with Gasteiger partial charge in [-0.3, -0.25) is 14.4 Å². The highest BCUT2D eigenvalue weighted by Crippen LogP contribution is 2.11. The van der Waals surface area contributed by atoms with E-state index in [0.29, 0.717) is 6.42 Å². The zero-order valence-electron chi connectivity index (χ0n) is 8.82. The van der Waals surface area contributed by atoms with Gasteiger partial charge in [0.2, 0.25) is 11.8 Å². The first-order valence-corrected chi connectivity index (χ1v) is 5.14. The molecule has 5 nitrogen and oxygen atoms in total. The summed E-state index contributed by atoms with van der Waals surface area (Å²) in [5.74, 6) is -0.879. The Morgan fingerprint density at radius 2 is 1.93 bits per heavy atom. The van der Waals surface area contributed by atoms with Crippen LogP contribution in [0.15, 0.2) is 0 Å². The molecule has 0 aliphatic carbocycles. The zero-order valence-corrected chi connectivity index (χ0v) is 8.82. The fourth-order valence-electron chi connectivity index (χ4n) is 1.30. The summed E-state index contributed by atoms with van der Waals surface area (Å²) < 4.78 is 4.81. The highest BCUT2D eigenvalue weighted by Gasteiger charge is 2.29. The summed E-state index contributed by atoms with van der Waals surface area (Å²) in [5.41, 5.74) is 0. The molecule has 2 amide bonds. The van der Waals surface area contributed by atoms with Crippen LogP contribution in [0.2, 0.25) is 0 Å². The predicted molar refractivity (Wildman–Crippen MR) is 51.6 cm³/mol. The van der Waals surface area contributed by atoms with E-state index in [9.17, 15) is 14.4 Å². The van der Waals surface area contributed by atoms with Crippen molar-refractivity contribution in [1.29, 1.82) is 0 Å². The number of ether oxygens (including phenoxy) is 1. The van der Waals surface area contributed by atoms with Crippen molar-refractivity contribution in [1.82, 2.24) is 4.90 Å². The Balaban J connectivity index is 2.27. The van der Waals surface area contributed by atoms with Crippen LogP contribution in [0.25, 0.3) is 0 Å². The van der Waals surface area contributed by atoms with E-state index in [-0.39, 0.29) is 37.4 Å². The van der Waals surface area contributed by atoms with Crippen LogP contribution in [-0.4, -0.2) is 29.4 Å². The van der Waals surface area contributed by atoms with Crippen molar-refractivity contribution in [2.24, 2.45) is 0 Å². The molecule has 0 aromatic rings. The lowest BCUT2D eigenvalue weighted by Crippen LogP contribution is -2.32. The number of hydrogen-bond acceptors (Lipinski definition) is 4. The summed E-state index contributed by atoms with van der Waals surface area (Å²) in [4.78, 5) is 34.3. The molecule has 0 bridgehead atoms. The maximum atomic E-state index is 11.1. The second-order valence-electron chi connectivity index (χ2n) is 3.46. The minimum absolute atomic E-state index is 0.222. The highest BCUT2D eigenvalue weighted by molar-refractivity contribution is 6.01. The average Bonchev–Trinajstić information content (AvgIpc) is 2.53. The first-order chi connectivity index (χ1) is 7.15. The van der Waals surface area contributed by atoms with E-state index in [4.69, 9.17) is 4.74 Å². The Morgan fingerprint density at radius 1 is 1.33 bits per heavy atom. The summed E-state index contributed by atoms with van der Waals surface area (Å²) >= 11 is 0. The highest BCUT2D eigenvalue weighted by atomic mass is 16.5. The van der Waals surface area contributed by atoms with Crippen LogP contribution >= 0.6 is 0 Å². The van der Waals surface area contributed by atoms with Crippen LogP contribution in [0.3, 0.4) is 0 Å². The van der Waals surface area contributed by atoms with E-state index in [2.05, 4.69) is 0 Å². The molecule has 0 aromatic heterocycles. The van der Waals surface area contributed by atoms with Crippen molar-refractivity contribution in [3.05, 3.63) is 0 Å². The zero-order chi connectivity index (χ0) is 11.3. The minimum atomic E-state index is -0.357. The van der Waals surface area contributed by atoms with Gasteiger partial charge in [0.05, 0.1) is 0 Å². The lowest BCUT2D eigenvalue weighted by atomic mass is 10.3. The molecule has 1 aliphatic rings. The van der Waals surface area contributed by atoms with Gasteiger partial charge in [-0.15, -0.1) is 0 Å². The van der Waals surface area contributed by atoms with Gasteiger partial charge >= 0.3 is 5.97 Å². The number of esters is 1. The van der Waals surface area contributed by atoms with E-state index in [0.717, 1.165) is 17.7 Å². The molecule has 0 aromatic carbocycles. The predicted octanol–water partition coefficient (Wildman–Crippen LogP) is 0.826. The van der Waals surface area contributed by atoms with Crippen LogP contribution in [0.4, 0.5) is 0 Å². The third-order valence-corrected chi connectivity index (χ3v) is 2.24. The van der Waals surface area contributed by atoms with E-state index < -0.39 is 0 Å². The van der Waals surface area contributed by atoms with Gasteiger partial charge in [0.1, 0.15) is 0 Å². The first kappa shape index (κ1) is 11.7. The monoisotopic (exact) mass is 213 g/mol. The van der Waals surface area contributed by atoms with Gasteiger partial charge in [-0.1, -0.05) is 13.3 Å². The topological polar surface area (TPSA) is 63.7 Å². The standard InChI is InChI=1S/C10H15NO4/c1-2-3-4-10(14)15-7-11-8(12)5-6-9(11)13/h2-7H2,1H3. The van der Waals surface area contributed by atoms with Crippen LogP contribution < -0.4 is 0 Å². The molecule has 0 unspecified atom stereocenters. The molecule has 0 radical (unpaired) electrons. The quantitative estimate of drug-likeness (QED) is 0.501. The third-order valence-electron chi connectivity index (χ3n) is 2.24. The number of nitrogens with zero attached hydrogens (tertiary/aromatic N) is 1. The molecule has 1 fully saturated rings. The van der Waals surface area contributed by atoms with Crippen molar-refractivity contribution >= 4 is 17.8 Å². The Hall–Kier alpha value is -1.39. The second kappa shape index (κ2) is 5.48.